The van der Waals surface area contributed by atoms with Gasteiger partial charge in [0.2, 0.25) is 0 Å². The highest BCUT2D eigenvalue weighted by molar-refractivity contribution is 5.48. The molecule has 0 aromatic rings. The molecule has 0 bridgehead atoms. The number of rotatable bonds is 14. The minimum Gasteiger partial charge on any atom is -0.303 e. The van der Waals surface area contributed by atoms with Crippen LogP contribution in [0.2, 0.25) is 0 Å². The van der Waals surface area contributed by atoms with Crippen molar-refractivity contribution in [1.82, 2.24) is 0 Å². The summed E-state index contributed by atoms with van der Waals surface area (Å²) in [5, 5.41) is 0. The molecule has 0 unspecified atom stereocenters. The van der Waals surface area contributed by atoms with Crippen LogP contribution in [0.25, 0.3) is 0 Å². The molecule has 0 amide bonds. The Morgan fingerprint density at radius 3 is 1.56 bits per heavy atom. The van der Waals surface area contributed by atoms with Crippen molar-refractivity contribution in [2.45, 2.75) is 90.4 Å². The van der Waals surface area contributed by atoms with Crippen molar-refractivity contribution < 1.29 is 4.79 Å². The molecule has 0 aliphatic rings. The second-order valence-electron chi connectivity index (χ2n) is 5.19. The summed E-state index contributed by atoms with van der Waals surface area (Å²) in [6, 6.07) is 0. The molecule has 0 spiro atoms. The molecule has 0 aromatic heterocycles. The Hall–Kier alpha value is -0.590. The van der Waals surface area contributed by atoms with Crippen LogP contribution in [0.1, 0.15) is 90.4 Å². The van der Waals surface area contributed by atoms with Crippen LogP contribution in [0.15, 0.2) is 12.2 Å². The Bertz CT molecular complexity index is 184. The fraction of sp³-hybridized carbons (Fsp3) is 0.824. The Labute approximate surface area is 114 Å². The van der Waals surface area contributed by atoms with E-state index in [0.29, 0.717) is 0 Å². The summed E-state index contributed by atoms with van der Waals surface area (Å²) in [6.45, 7) is 2.27. The van der Waals surface area contributed by atoms with Crippen LogP contribution < -0.4 is 0 Å². The summed E-state index contributed by atoms with van der Waals surface area (Å²) >= 11 is 0. The molecule has 0 aliphatic carbocycles. The summed E-state index contributed by atoms with van der Waals surface area (Å²) in [5.41, 5.74) is 0. The second-order valence-corrected chi connectivity index (χ2v) is 5.19. The van der Waals surface area contributed by atoms with E-state index in [1.807, 2.05) is 0 Å². The van der Waals surface area contributed by atoms with Crippen molar-refractivity contribution in [2.75, 3.05) is 0 Å². The number of hydrogen-bond acceptors (Lipinski definition) is 1. The van der Waals surface area contributed by atoms with E-state index in [9.17, 15) is 4.79 Å². The average molecular weight is 252 g/mol. The van der Waals surface area contributed by atoms with Gasteiger partial charge in [-0.15, -0.1) is 0 Å². The molecule has 0 N–H and O–H groups in total. The van der Waals surface area contributed by atoms with Gasteiger partial charge in [0.1, 0.15) is 6.29 Å². The van der Waals surface area contributed by atoms with Crippen molar-refractivity contribution in [2.24, 2.45) is 0 Å². The zero-order valence-electron chi connectivity index (χ0n) is 12.3. The molecule has 0 saturated heterocycles. The van der Waals surface area contributed by atoms with Gasteiger partial charge in [-0.05, 0) is 32.1 Å². The minimum absolute atomic E-state index is 0.744. The molecule has 106 valence electrons. The first-order valence-electron chi connectivity index (χ1n) is 8.00. The maximum Gasteiger partial charge on any atom is 0.119 e. The standard InChI is InChI=1S/C17H32O/c1-2-3-4-5-6-7-8-9-10-11-12-13-14-15-16-17-18/h9-10,17H,2-8,11-16H2,1H3. The van der Waals surface area contributed by atoms with Gasteiger partial charge < -0.3 is 4.79 Å². The third-order valence-electron chi connectivity index (χ3n) is 3.33. The number of aldehydes is 1. The molecule has 0 radical (unpaired) electrons. The van der Waals surface area contributed by atoms with E-state index in [0.717, 1.165) is 19.1 Å². The molecule has 0 rings (SSSR count). The normalized spacial score (nSPS) is 11.2. The Balaban J connectivity index is 3.02. The van der Waals surface area contributed by atoms with Crippen LogP contribution in [0, 0.1) is 0 Å². The number of unbranched alkanes of at least 4 members (excludes halogenated alkanes) is 11. The van der Waals surface area contributed by atoms with Crippen LogP contribution in [0.3, 0.4) is 0 Å². The fourth-order valence-electron chi connectivity index (χ4n) is 2.12. The third-order valence-corrected chi connectivity index (χ3v) is 3.33. The van der Waals surface area contributed by atoms with Gasteiger partial charge in [0.05, 0.1) is 0 Å². The molecule has 0 saturated carbocycles. The molecule has 0 aliphatic heterocycles. The van der Waals surface area contributed by atoms with Gasteiger partial charge in [-0.25, -0.2) is 0 Å². The predicted octanol–water partition coefficient (Wildman–Crippen LogP) is 5.83. The first-order chi connectivity index (χ1) is 8.91. The Morgan fingerprint density at radius 2 is 1.06 bits per heavy atom. The van der Waals surface area contributed by atoms with Crippen molar-refractivity contribution in [3.8, 4) is 0 Å². The molecular weight excluding hydrogens is 220 g/mol. The van der Waals surface area contributed by atoms with E-state index in [1.165, 1.54) is 70.6 Å². The number of allylic oxidation sites excluding steroid dienone is 2. The second kappa shape index (κ2) is 16.4. The SMILES string of the molecule is CCCCCCCCC=CCCCCCCC=O. The lowest BCUT2D eigenvalue weighted by Gasteiger charge is -1.98. The molecule has 1 heteroatoms. The molecule has 0 aromatic carbocycles. The van der Waals surface area contributed by atoms with Crippen molar-refractivity contribution in [1.29, 1.82) is 0 Å². The van der Waals surface area contributed by atoms with E-state index in [-0.39, 0.29) is 0 Å². The van der Waals surface area contributed by atoms with E-state index in [1.54, 1.807) is 0 Å². The van der Waals surface area contributed by atoms with Crippen LogP contribution in [-0.2, 0) is 4.79 Å². The van der Waals surface area contributed by atoms with Gasteiger partial charge in [-0.3, -0.25) is 0 Å². The topological polar surface area (TPSA) is 17.1 Å². The zero-order chi connectivity index (χ0) is 13.3. The van der Waals surface area contributed by atoms with Crippen LogP contribution in [0.4, 0.5) is 0 Å². The lowest BCUT2D eigenvalue weighted by molar-refractivity contribution is -0.107. The monoisotopic (exact) mass is 252 g/mol. The first kappa shape index (κ1) is 17.4. The summed E-state index contributed by atoms with van der Waals surface area (Å²) in [6.07, 6.45) is 22.1. The van der Waals surface area contributed by atoms with Gasteiger partial charge >= 0.3 is 0 Å². The van der Waals surface area contributed by atoms with E-state index in [4.69, 9.17) is 0 Å². The maximum absolute atomic E-state index is 10.1. The van der Waals surface area contributed by atoms with Gasteiger partial charge in [-0.1, -0.05) is 64.0 Å². The predicted molar refractivity (Wildman–Crippen MR) is 80.9 cm³/mol. The highest BCUT2D eigenvalue weighted by atomic mass is 16.1. The van der Waals surface area contributed by atoms with E-state index >= 15 is 0 Å². The molecule has 18 heavy (non-hydrogen) atoms. The van der Waals surface area contributed by atoms with Gasteiger partial charge in [0.25, 0.3) is 0 Å². The minimum atomic E-state index is 0.744. The van der Waals surface area contributed by atoms with Gasteiger partial charge in [-0.2, -0.15) is 0 Å². The molecular formula is C17H32O. The number of carbonyl (C=O) groups is 1. The van der Waals surface area contributed by atoms with Crippen molar-refractivity contribution in [3.05, 3.63) is 12.2 Å². The van der Waals surface area contributed by atoms with Crippen LogP contribution in [-0.4, -0.2) is 6.29 Å². The zero-order valence-corrected chi connectivity index (χ0v) is 12.3. The molecule has 0 atom stereocenters. The average Bonchev–Trinajstić information content (AvgIpc) is 2.39. The Morgan fingerprint density at radius 1 is 0.611 bits per heavy atom. The fourth-order valence-corrected chi connectivity index (χ4v) is 2.12. The van der Waals surface area contributed by atoms with Crippen molar-refractivity contribution >= 4 is 6.29 Å². The lowest BCUT2D eigenvalue weighted by Crippen LogP contribution is -1.79. The van der Waals surface area contributed by atoms with Crippen LogP contribution in [0.5, 0.6) is 0 Å². The Kier molecular flexibility index (Phi) is 15.9. The number of carbonyl (C=O) groups excluding carboxylic acids is 1. The maximum atomic E-state index is 10.1. The summed E-state index contributed by atoms with van der Waals surface area (Å²) in [5.74, 6) is 0. The highest BCUT2D eigenvalue weighted by Crippen LogP contribution is 2.08. The smallest absolute Gasteiger partial charge is 0.119 e. The van der Waals surface area contributed by atoms with Gasteiger partial charge in [0.15, 0.2) is 0 Å². The summed E-state index contributed by atoms with van der Waals surface area (Å²) in [4.78, 5) is 10.1. The summed E-state index contributed by atoms with van der Waals surface area (Å²) < 4.78 is 0. The quantitative estimate of drug-likeness (QED) is 0.216. The largest absolute Gasteiger partial charge is 0.303 e. The van der Waals surface area contributed by atoms with Crippen LogP contribution >= 0.6 is 0 Å². The molecule has 0 fully saturated rings. The van der Waals surface area contributed by atoms with Gasteiger partial charge in [0, 0.05) is 6.42 Å². The molecule has 0 heterocycles. The van der Waals surface area contributed by atoms with Crippen molar-refractivity contribution in [3.63, 3.8) is 0 Å². The number of hydrogen-bond donors (Lipinski definition) is 0. The summed E-state index contributed by atoms with van der Waals surface area (Å²) in [7, 11) is 0. The highest BCUT2D eigenvalue weighted by Gasteiger charge is 1.89. The third kappa shape index (κ3) is 15.4. The lowest BCUT2D eigenvalue weighted by atomic mass is 10.1. The van der Waals surface area contributed by atoms with E-state index in [2.05, 4.69) is 19.1 Å². The van der Waals surface area contributed by atoms with E-state index < -0.39 is 0 Å². The molecule has 1 nitrogen and oxygen atoms in total. The first-order valence-corrected chi connectivity index (χ1v) is 8.00.